The molecule has 3 N–H and O–H groups in total. The van der Waals surface area contributed by atoms with Crippen LogP contribution < -0.4 is 11.1 Å². The number of carbonyl (C=O) groups is 2. The van der Waals surface area contributed by atoms with Crippen molar-refractivity contribution in [2.24, 2.45) is 5.73 Å². The summed E-state index contributed by atoms with van der Waals surface area (Å²) in [4.78, 5) is 28.5. The Labute approximate surface area is 136 Å². The Morgan fingerprint density at radius 2 is 2.00 bits per heavy atom. The number of nitrogens with two attached hydrogens (primary N) is 1. The van der Waals surface area contributed by atoms with Crippen LogP contribution in [0.1, 0.15) is 18.4 Å². The molecule has 2 aliphatic heterocycles. The standard InChI is InChI=1S/C17H24N4O2/c18-17(23)19-15(11-13-5-2-1-3-6-13)16(22)21-10-9-20-8-4-7-14(20)12-21/h1-3,5-6,14-15H,4,7-12H2,(H3,18,19,23). The predicted molar refractivity (Wildman–Crippen MR) is 87.8 cm³/mol. The number of benzene rings is 1. The number of fused-ring (bicyclic) bond motifs is 1. The molecule has 2 aliphatic rings. The molecule has 0 saturated carbocycles. The third-order valence-corrected chi connectivity index (χ3v) is 4.80. The molecule has 2 atom stereocenters. The van der Waals surface area contributed by atoms with Gasteiger partial charge in [0, 0.05) is 32.1 Å². The van der Waals surface area contributed by atoms with Gasteiger partial charge < -0.3 is 16.0 Å². The van der Waals surface area contributed by atoms with Crippen molar-refractivity contribution in [3.63, 3.8) is 0 Å². The first kappa shape index (κ1) is 15.8. The van der Waals surface area contributed by atoms with Gasteiger partial charge in [0.2, 0.25) is 5.91 Å². The van der Waals surface area contributed by atoms with Crippen LogP contribution >= 0.6 is 0 Å². The minimum absolute atomic E-state index is 0.0285. The van der Waals surface area contributed by atoms with Crippen LogP contribution in [0, 0.1) is 0 Å². The van der Waals surface area contributed by atoms with Crippen molar-refractivity contribution in [1.29, 1.82) is 0 Å². The van der Waals surface area contributed by atoms with Crippen LogP contribution in [0.5, 0.6) is 0 Å². The maximum atomic E-state index is 12.9. The Bertz CT molecular complexity index is 563. The van der Waals surface area contributed by atoms with E-state index >= 15 is 0 Å². The van der Waals surface area contributed by atoms with Gasteiger partial charge in [-0.15, -0.1) is 0 Å². The lowest BCUT2D eigenvalue weighted by molar-refractivity contribution is -0.135. The number of carbonyl (C=O) groups excluding carboxylic acids is 2. The number of hydrogen-bond acceptors (Lipinski definition) is 3. The van der Waals surface area contributed by atoms with E-state index in [0.717, 1.165) is 38.2 Å². The summed E-state index contributed by atoms with van der Waals surface area (Å²) in [6.07, 6.45) is 2.82. The highest BCUT2D eigenvalue weighted by molar-refractivity contribution is 5.87. The SMILES string of the molecule is NC(=O)NC(Cc1ccccc1)C(=O)N1CCN2CCCC2C1. The molecule has 1 aromatic rings. The van der Waals surface area contributed by atoms with Crippen LogP contribution in [0.4, 0.5) is 4.79 Å². The molecule has 2 fully saturated rings. The van der Waals surface area contributed by atoms with Crippen molar-refractivity contribution < 1.29 is 9.59 Å². The first-order chi connectivity index (χ1) is 11.1. The van der Waals surface area contributed by atoms with Crippen LogP contribution in [0.2, 0.25) is 0 Å². The van der Waals surface area contributed by atoms with E-state index in [1.165, 1.54) is 6.42 Å². The maximum Gasteiger partial charge on any atom is 0.312 e. The summed E-state index contributed by atoms with van der Waals surface area (Å²) in [7, 11) is 0. The highest BCUT2D eigenvalue weighted by Crippen LogP contribution is 2.22. The average Bonchev–Trinajstić information content (AvgIpc) is 3.01. The molecule has 0 radical (unpaired) electrons. The molecule has 124 valence electrons. The first-order valence-electron chi connectivity index (χ1n) is 8.26. The quantitative estimate of drug-likeness (QED) is 0.852. The molecule has 0 aliphatic carbocycles. The number of primary amides is 1. The third-order valence-electron chi connectivity index (χ3n) is 4.80. The zero-order chi connectivity index (χ0) is 16.2. The number of piperazine rings is 1. The number of hydrogen-bond donors (Lipinski definition) is 2. The summed E-state index contributed by atoms with van der Waals surface area (Å²) in [6, 6.07) is 8.92. The molecule has 2 unspecified atom stereocenters. The van der Waals surface area contributed by atoms with E-state index in [0.29, 0.717) is 12.5 Å². The van der Waals surface area contributed by atoms with Crippen molar-refractivity contribution in [2.75, 3.05) is 26.2 Å². The van der Waals surface area contributed by atoms with E-state index in [1.807, 2.05) is 35.2 Å². The van der Waals surface area contributed by atoms with Crippen molar-refractivity contribution >= 4 is 11.9 Å². The minimum Gasteiger partial charge on any atom is -0.352 e. The highest BCUT2D eigenvalue weighted by atomic mass is 16.2. The minimum atomic E-state index is -0.654. The van der Waals surface area contributed by atoms with Gasteiger partial charge in [-0.2, -0.15) is 0 Å². The highest BCUT2D eigenvalue weighted by Gasteiger charge is 2.35. The zero-order valence-corrected chi connectivity index (χ0v) is 13.3. The molecule has 2 heterocycles. The van der Waals surface area contributed by atoms with E-state index in [9.17, 15) is 9.59 Å². The molecule has 23 heavy (non-hydrogen) atoms. The van der Waals surface area contributed by atoms with Crippen molar-refractivity contribution in [2.45, 2.75) is 31.3 Å². The van der Waals surface area contributed by atoms with E-state index in [2.05, 4.69) is 10.2 Å². The lowest BCUT2D eigenvalue weighted by Gasteiger charge is -2.39. The first-order valence-corrected chi connectivity index (χ1v) is 8.26. The number of nitrogens with one attached hydrogen (secondary N) is 1. The Hall–Kier alpha value is -2.08. The van der Waals surface area contributed by atoms with Crippen LogP contribution in [0.3, 0.4) is 0 Å². The number of rotatable bonds is 4. The van der Waals surface area contributed by atoms with Crippen LogP contribution in [-0.2, 0) is 11.2 Å². The Kier molecular flexibility index (Phi) is 4.81. The summed E-state index contributed by atoms with van der Waals surface area (Å²) in [5, 5.41) is 2.62. The van der Waals surface area contributed by atoms with Gasteiger partial charge in [0.15, 0.2) is 0 Å². The van der Waals surface area contributed by atoms with Gasteiger partial charge >= 0.3 is 6.03 Å². The van der Waals surface area contributed by atoms with E-state index < -0.39 is 12.1 Å². The molecule has 0 bridgehead atoms. The third kappa shape index (κ3) is 3.82. The van der Waals surface area contributed by atoms with Crippen LogP contribution in [-0.4, -0.2) is 60.0 Å². The van der Waals surface area contributed by atoms with E-state index in [1.54, 1.807) is 0 Å². The fourth-order valence-electron chi connectivity index (χ4n) is 3.63. The summed E-state index contributed by atoms with van der Waals surface area (Å²) in [6.45, 7) is 3.54. The van der Waals surface area contributed by atoms with Gasteiger partial charge in [0.05, 0.1) is 0 Å². The Morgan fingerprint density at radius 1 is 1.22 bits per heavy atom. The number of urea groups is 1. The van der Waals surface area contributed by atoms with Gasteiger partial charge in [-0.1, -0.05) is 30.3 Å². The summed E-state index contributed by atoms with van der Waals surface area (Å²) >= 11 is 0. The molecule has 3 amide bonds. The molecular formula is C17H24N4O2. The second-order valence-electron chi connectivity index (χ2n) is 6.37. The molecule has 2 saturated heterocycles. The predicted octanol–water partition coefficient (Wildman–Crippen LogP) is 0.573. The summed E-state index contributed by atoms with van der Waals surface area (Å²) in [5.74, 6) is -0.0285. The van der Waals surface area contributed by atoms with Gasteiger partial charge in [-0.05, 0) is 24.9 Å². The van der Waals surface area contributed by atoms with Gasteiger partial charge in [0.25, 0.3) is 0 Å². The molecule has 0 spiro atoms. The largest absolute Gasteiger partial charge is 0.352 e. The molecule has 3 rings (SSSR count). The average molecular weight is 316 g/mol. The Morgan fingerprint density at radius 3 is 2.74 bits per heavy atom. The molecule has 6 heteroatoms. The van der Waals surface area contributed by atoms with Crippen molar-refractivity contribution in [3.05, 3.63) is 35.9 Å². The fourth-order valence-corrected chi connectivity index (χ4v) is 3.63. The van der Waals surface area contributed by atoms with Gasteiger partial charge in [-0.25, -0.2) is 4.79 Å². The molecular weight excluding hydrogens is 292 g/mol. The lowest BCUT2D eigenvalue weighted by Crippen LogP contribution is -2.58. The molecule has 0 aromatic heterocycles. The second kappa shape index (κ2) is 7.00. The summed E-state index contributed by atoms with van der Waals surface area (Å²) in [5.41, 5.74) is 6.28. The number of amides is 3. The monoisotopic (exact) mass is 316 g/mol. The number of nitrogens with zero attached hydrogens (tertiary/aromatic N) is 2. The normalized spacial score (nSPS) is 22.4. The second-order valence-corrected chi connectivity index (χ2v) is 6.37. The van der Waals surface area contributed by atoms with Crippen molar-refractivity contribution in [1.82, 2.24) is 15.1 Å². The smallest absolute Gasteiger partial charge is 0.312 e. The van der Waals surface area contributed by atoms with Gasteiger partial charge in [0.1, 0.15) is 6.04 Å². The molecule has 6 nitrogen and oxygen atoms in total. The van der Waals surface area contributed by atoms with Crippen LogP contribution in [0.25, 0.3) is 0 Å². The molecule has 1 aromatic carbocycles. The topological polar surface area (TPSA) is 78.7 Å². The van der Waals surface area contributed by atoms with E-state index in [-0.39, 0.29) is 5.91 Å². The summed E-state index contributed by atoms with van der Waals surface area (Å²) < 4.78 is 0. The van der Waals surface area contributed by atoms with E-state index in [4.69, 9.17) is 5.73 Å². The lowest BCUT2D eigenvalue weighted by atomic mass is 10.0. The zero-order valence-electron chi connectivity index (χ0n) is 13.3. The van der Waals surface area contributed by atoms with Crippen molar-refractivity contribution in [3.8, 4) is 0 Å². The van der Waals surface area contributed by atoms with Crippen LogP contribution in [0.15, 0.2) is 30.3 Å². The van der Waals surface area contributed by atoms with Gasteiger partial charge in [-0.3, -0.25) is 9.69 Å². The fraction of sp³-hybridized carbons (Fsp3) is 0.529. The Balaban J connectivity index is 1.68. The maximum absolute atomic E-state index is 12.9.